The summed E-state index contributed by atoms with van der Waals surface area (Å²) in [5.41, 5.74) is 2.15. The van der Waals surface area contributed by atoms with Gasteiger partial charge in [-0.05, 0) is 38.3 Å². The highest BCUT2D eigenvalue weighted by Gasteiger charge is 2.18. The molecule has 6 nitrogen and oxygen atoms in total. The molecule has 0 aromatic carbocycles. The quantitative estimate of drug-likeness (QED) is 0.292. The minimum absolute atomic E-state index is 0. The molecule has 2 rings (SSSR count). The number of likely N-dealkylation sites (tertiary alicyclic amines) is 1. The Morgan fingerprint density at radius 2 is 2.25 bits per heavy atom. The summed E-state index contributed by atoms with van der Waals surface area (Å²) in [5, 5.41) is 6.56. The van der Waals surface area contributed by atoms with E-state index in [2.05, 4.69) is 20.6 Å². The number of carbonyl (C=O) groups excluding carboxylic acids is 1. The molecule has 1 saturated heterocycles. The van der Waals surface area contributed by atoms with Crippen LogP contribution in [-0.4, -0.2) is 47.9 Å². The zero-order valence-corrected chi connectivity index (χ0v) is 16.9. The highest BCUT2D eigenvalue weighted by Crippen LogP contribution is 2.09. The summed E-state index contributed by atoms with van der Waals surface area (Å²) in [4.78, 5) is 22.4. The first-order valence-corrected chi connectivity index (χ1v) is 8.41. The molecule has 0 spiro atoms. The number of rotatable bonds is 7. The number of aryl methyl sites for hydroxylation is 1. The lowest BCUT2D eigenvalue weighted by molar-refractivity contribution is -0.127. The van der Waals surface area contributed by atoms with Crippen molar-refractivity contribution >= 4 is 35.8 Å². The van der Waals surface area contributed by atoms with Crippen LogP contribution in [0.25, 0.3) is 0 Å². The SMILES string of the molecule is CCNC(=NCc1ncccc1C)NCCCN1CCCC1=O.I. The monoisotopic (exact) mass is 445 g/mol. The highest BCUT2D eigenvalue weighted by atomic mass is 127. The molecular formula is C17H28IN5O. The molecule has 0 saturated carbocycles. The molecule has 1 amide bonds. The van der Waals surface area contributed by atoms with Crippen molar-refractivity contribution in [1.82, 2.24) is 20.5 Å². The van der Waals surface area contributed by atoms with E-state index in [9.17, 15) is 4.79 Å². The van der Waals surface area contributed by atoms with Gasteiger partial charge in [0.1, 0.15) is 0 Å². The number of aromatic nitrogens is 1. The van der Waals surface area contributed by atoms with E-state index in [1.165, 1.54) is 0 Å². The number of hydrogen-bond acceptors (Lipinski definition) is 3. The van der Waals surface area contributed by atoms with Crippen LogP contribution in [0.5, 0.6) is 0 Å². The van der Waals surface area contributed by atoms with Crippen molar-refractivity contribution in [3.8, 4) is 0 Å². The molecule has 0 atom stereocenters. The highest BCUT2D eigenvalue weighted by molar-refractivity contribution is 14.0. The Bertz CT molecular complexity index is 550. The number of hydrogen-bond donors (Lipinski definition) is 2. The normalized spacial score (nSPS) is 14.5. The maximum Gasteiger partial charge on any atom is 0.222 e. The first-order chi connectivity index (χ1) is 11.2. The number of nitrogens with one attached hydrogen (secondary N) is 2. The Kier molecular flexibility index (Phi) is 9.66. The molecule has 2 N–H and O–H groups in total. The number of guanidine groups is 1. The summed E-state index contributed by atoms with van der Waals surface area (Å²) in [6.07, 6.45) is 4.44. The smallest absolute Gasteiger partial charge is 0.222 e. The van der Waals surface area contributed by atoms with Gasteiger partial charge in [-0.2, -0.15) is 0 Å². The van der Waals surface area contributed by atoms with Crippen LogP contribution >= 0.6 is 24.0 Å². The predicted molar refractivity (Wildman–Crippen MR) is 108 cm³/mol. The second-order valence-electron chi connectivity index (χ2n) is 5.73. The number of halogens is 1. The molecule has 1 aliphatic heterocycles. The maximum absolute atomic E-state index is 11.6. The van der Waals surface area contributed by atoms with Crippen LogP contribution in [0.15, 0.2) is 23.3 Å². The third kappa shape index (κ3) is 6.62. The maximum atomic E-state index is 11.6. The molecule has 0 bridgehead atoms. The van der Waals surface area contributed by atoms with E-state index in [0.717, 1.165) is 56.2 Å². The Balaban J connectivity index is 0.00000288. The molecule has 24 heavy (non-hydrogen) atoms. The summed E-state index contributed by atoms with van der Waals surface area (Å²) < 4.78 is 0. The second kappa shape index (κ2) is 11.2. The van der Waals surface area contributed by atoms with Crippen molar-refractivity contribution in [2.24, 2.45) is 4.99 Å². The molecule has 134 valence electrons. The third-order valence-electron chi connectivity index (χ3n) is 3.92. The molecule has 0 unspecified atom stereocenters. The van der Waals surface area contributed by atoms with Gasteiger partial charge in [-0.3, -0.25) is 9.78 Å². The molecular weight excluding hydrogens is 417 g/mol. The average molecular weight is 445 g/mol. The van der Waals surface area contributed by atoms with Gasteiger partial charge in [0.25, 0.3) is 0 Å². The van der Waals surface area contributed by atoms with Crippen molar-refractivity contribution in [1.29, 1.82) is 0 Å². The van der Waals surface area contributed by atoms with Crippen LogP contribution in [0, 0.1) is 6.92 Å². The summed E-state index contributed by atoms with van der Waals surface area (Å²) in [5.74, 6) is 1.08. The van der Waals surface area contributed by atoms with Gasteiger partial charge in [0.15, 0.2) is 5.96 Å². The predicted octanol–water partition coefficient (Wildman–Crippen LogP) is 2.08. The van der Waals surface area contributed by atoms with Crippen LogP contribution in [-0.2, 0) is 11.3 Å². The number of aliphatic imine (C=N–C) groups is 1. The second-order valence-corrected chi connectivity index (χ2v) is 5.73. The van der Waals surface area contributed by atoms with E-state index in [1.807, 2.05) is 30.9 Å². The molecule has 1 fully saturated rings. The molecule has 1 aliphatic rings. The van der Waals surface area contributed by atoms with Crippen LogP contribution < -0.4 is 10.6 Å². The Hall–Kier alpha value is -1.38. The van der Waals surface area contributed by atoms with Crippen molar-refractivity contribution < 1.29 is 4.79 Å². The van der Waals surface area contributed by atoms with Gasteiger partial charge in [-0.15, -0.1) is 24.0 Å². The standard InChI is InChI=1S/C17H27N5O.HI/c1-3-18-17(21-13-15-14(2)7-4-9-19-15)20-10-6-12-22-11-5-8-16(22)23;/h4,7,9H,3,5-6,8,10-13H2,1-2H3,(H2,18,20,21);1H. The lowest BCUT2D eigenvalue weighted by Crippen LogP contribution is -2.39. The zero-order chi connectivity index (χ0) is 16.5. The molecule has 2 heterocycles. The van der Waals surface area contributed by atoms with E-state index < -0.39 is 0 Å². The largest absolute Gasteiger partial charge is 0.357 e. The molecule has 1 aromatic heterocycles. The van der Waals surface area contributed by atoms with Crippen molar-refractivity contribution in [3.63, 3.8) is 0 Å². The van der Waals surface area contributed by atoms with Gasteiger partial charge >= 0.3 is 0 Å². The van der Waals surface area contributed by atoms with Crippen LogP contribution in [0.1, 0.15) is 37.4 Å². The molecule has 0 radical (unpaired) electrons. The molecule has 1 aromatic rings. The number of pyridine rings is 1. The van der Waals surface area contributed by atoms with E-state index in [0.29, 0.717) is 13.0 Å². The minimum Gasteiger partial charge on any atom is -0.357 e. The number of amides is 1. The van der Waals surface area contributed by atoms with E-state index in [4.69, 9.17) is 0 Å². The van der Waals surface area contributed by atoms with Crippen LogP contribution in [0.2, 0.25) is 0 Å². The first-order valence-electron chi connectivity index (χ1n) is 8.41. The minimum atomic E-state index is 0. The lowest BCUT2D eigenvalue weighted by atomic mass is 10.2. The Morgan fingerprint density at radius 1 is 1.42 bits per heavy atom. The fourth-order valence-corrected chi connectivity index (χ4v) is 2.60. The van der Waals surface area contributed by atoms with Gasteiger partial charge in [-0.25, -0.2) is 4.99 Å². The van der Waals surface area contributed by atoms with Crippen molar-refractivity contribution in [2.45, 2.75) is 39.7 Å². The molecule has 0 aliphatic carbocycles. The Morgan fingerprint density at radius 3 is 2.92 bits per heavy atom. The summed E-state index contributed by atoms with van der Waals surface area (Å²) in [6.45, 7) is 8.01. The summed E-state index contributed by atoms with van der Waals surface area (Å²) in [7, 11) is 0. The fraction of sp³-hybridized carbons (Fsp3) is 0.588. The lowest BCUT2D eigenvalue weighted by Gasteiger charge is -2.16. The van der Waals surface area contributed by atoms with Crippen molar-refractivity contribution in [3.05, 3.63) is 29.6 Å². The first kappa shape index (κ1) is 20.7. The Labute approximate surface area is 161 Å². The van der Waals surface area contributed by atoms with E-state index >= 15 is 0 Å². The van der Waals surface area contributed by atoms with Gasteiger partial charge in [0, 0.05) is 38.8 Å². The van der Waals surface area contributed by atoms with Crippen LogP contribution in [0.3, 0.4) is 0 Å². The van der Waals surface area contributed by atoms with Gasteiger partial charge in [0.2, 0.25) is 5.91 Å². The topological polar surface area (TPSA) is 69.6 Å². The van der Waals surface area contributed by atoms with Crippen molar-refractivity contribution in [2.75, 3.05) is 26.2 Å². The van der Waals surface area contributed by atoms with Crippen LogP contribution in [0.4, 0.5) is 0 Å². The fourth-order valence-electron chi connectivity index (χ4n) is 2.60. The summed E-state index contributed by atoms with van der Waals surface area (Å²) in [6, 6.07) is 3.98. The number of nitrogens with zero attached hydrogens (tertiary/aromatic N) is 3. The summed E-state index contributed by atoms with van der Waals surface area (Å²) >= 11 is 0. The van der Waals surface area contributed by atoms with Gasteiger partial charge < -0.3 is 15.5 Å². The average Bonchev–Trinajstić information content (AvgIpc) is 2.95. The third-order valence-corrected chi connectivity index (χ3v) is 3.92. The van der Waals surface area contributed by atoms with Gasteiger partial charge in [-0.1, -0.05) is 6.07 Å². The van der Waals surface area contributed by atoms with Gasteiger partial charge in [0.05, 0.1) is 12.2 Å². The van der Waals surface area contributed by atoms with E-state index in [1.54, 1.807) is 6.20 Å². The zero-order valence-electron chi connectivity index (χ0n) is 14.5. The number of carbonyl (C=O) groups is 1. The molecule has 7 heteroatoms. The van der Waals surface area contributed by atoms with E-state index in [-0.39, 0.29) is 29.9 Å².